The Morgan fingerprint density at radius 1 is 1.20 bits per heavy atom. The summed E-state index contributed by atoms with van der Waals surface area (Å²) in [7, 11) is 0. The molecule has 0 unspecified atom stereocenters. The maximum atomic E-state index is 5.48. The standard InChI is InChI=1S/C15H17BrN3O/c1-9-12(7-11-5-3-4-6-11)14(20-19-9)15-17-8-13(16)10(2)18-15/h8H,3-7H2,1-2H3. The van der Waals surface area contributed by atoms with Crippen LogP contribution in [0.25, 0.3) is 11.6 Å². The van der Waals surface area contributed by atoms with Crippen LogP contribution in [0, 0.1) is 19.8 Å². The van der Waals surface area contributed by atoms with Crippen LogP contribution in [0.3, 0.4) is 0 Å². The van der Waals surface area contributed by atoms with Crippen molar-refractivity contribution in [2.45, 2.75) is 46.0 Å². The molecule has 0 N–H and O–H groups in total. The Bertz CT molecular complexity index is 618. The van der Waals surface area contributed by atoms with Crippen molar-refractivity contribution in [2.24, 2.45) is 0 Å². The number of halogens is 1. The lowest BCUT2D eigenvalue weighted by Gasteiger charge is -2.08. The molecule has 0 atom stereocenters. The van der Waals surface area contributed by atoms with E-state index in [1.165, 1.54) is 25.7 Å². The average Bonchev–Trinajstić information content (AvgIpc) is 3.05. The van der Waals surface area contributed by atoms with Crippen molar-refractivity contribution >= 4 is 15.9 Å². The first-order chi connectivity index (χ1) is 9.65. The summed E-state index contributed by atoms with van der Waals surface area (Å²) in [6.45, 7) is 3.94. The molecule has 0 aromatic carbocycles. The third kappa shape index (κ3) is 2.64. The summed E-state index contributed by atoms with van der Waals surface area (Å²) < 4.78 is 6.39. The highest BCUT2D eigenvalue weighted by molar-refractivity contribution is 9.10. The maximum Gasteiger partial charge on any atom is 0.207 e. The summed E-state index contributed by atoms with van der Waals surface area (Å²) >= 11 is 3.42. The van der Waals surface area contributed by atoms with Crippen LogP contribution < -0.4 is 0 Å². The van der Waals surface area contributed by atoms with E-state index in [0.717, 1.165) is 33.6 Å². The minimum atomic E-state index is 0.625. The first-order valence-corrected chi connectivity index (χ1v) is 7.72. The topological polar surface area (TPSA) is 51.8 Å². The van der Waals surface area contributed by atoms with Crippen molar-refractivity contribution in [1.29, 1.82) is 0 Å². The molecule has 0 amide bonds. The van der Waals surface area contributed by atoms with Gasteiger partial charge in [0.2, 0.25) is 5.76 Å². The van der Waals surface area contributed by atoms with E-state index in [4.69, 9.17) is 4.52 Å². The highest BCUT2D eigenvalue weighted by Crippen LogP contribution is 2.34. The number of aryl methyl sites for hydroxylation is 2. The summed E-state index contributed by atoms with van der Waals surface area (Å²) in [5.74, 6) is 2.93. The van der Waals surface area contributed by atoms with E-state index in [2.05, 4.69) is 31.1 Å². The molecule has 3 rings (SSSR count). The van der Waals surface area contributed by atoms with Gasteiger partial charge in [-0.3, -0.25) is 0 Å². The number of rotatable bonds is 3. The van der Waals surface area contributed by atoms with E-state index in [1.54, 1.807) is 12.1 Å². The molecule has 1 fully saturated rings. The van der Waals surface area contributed by atoms with E-state index in [0.29, 0.717) is 5.82 Å². The molecule has 1 aliphatic carbocycles. The predicted molar refractivity (Wildman–Crippen MR) is 80.1 cm³/mol. The summed E-state index contributed by atoms with van der Waals surface area (Å²) in [6, 6.07) is 0. The van der Waals surface area contributed by atoms with Crippen molar-refractivity contribution in [1.82, 2.24) is 15.1 Å². The highest BCUT2D eigenvalue weighted by Gasteiger charge is 2.23. The van der Waals surface area contributed by atoms with Crippen LogP contribution in [-0.2, 0) is 6.42 Å². The minimum absolute atomic E-state index is 0.625. The zero-order valence-electron chi connectivity index (χ0n) is 11.7. The van der Waals surface area contributed by atoms with Gasteiger partial charge in [-0.2, -0.15) is 0 Å². The number of hydrogen-bond acceptors (Lipinski definition) is 4. The maximum absolute atomic E-state index is 5.48. The second kappa shape index (κ2) is 5.64. The van der Waals surface area contributed by atoms with Gasteiger partial charge in [0.15, 0.2) is 5.82 Å². The van der Waals surface area contributed by atoms with Gasteiger partial charge in [0.25, 0.3) is 0 Å². The van der Waals surface area contributed by atoms with Crippen LogP contribution >= 0.6 is 15.9 Å². The van der Waals surface area contributed by atoms with Gasteiger partial charge < -0.3 is 4.52 Å². The van der Waals surface area contributed by atoms with Gasteiger partial charge in [0.05, 0.1) is 15.9 Å². The minimum Gasteiger partial charge on any atom is -0.352 e. The van der Waals surface area contributed by atoms with Gasteiger partial charge in [0.1, 0.15) is 0 Å². The summed E-state index contributed by atoms with van der Waals surface area (Å²) in [5, 5.41) is 4.11. The number of nitrogens with zero attached hydrogens (tertiary/aromatic N) is 3. The van der Waals surface area contributed by atoms with Crippen molar-refractivity contribution < 1.29 is 4.52 Å². The summed E-state index contributed by atoms with van der Waals surface area (Å²) in [4.78, 5) is 8.85. The lowest BCUT2D eigenvalue weighted by molar-refractivity contribution is 0.424. The Kier molecular flexibility index (Phi) is 3.87. The normalized spacial score (nSPS) is 15.9. The summed E-state index contributed by atoms with van der Waals surface area (Å²) in [5.41, 5.74) is 3.00. The fourth-order valence-corrected chi connectivity index (χ4v) is 2.83. The van der Waals surface area contributed by atoms with E-state index in [-0.39, 0.29) is 0 Å². The second-order valence-electron chi connectivity index (χ2n) is 5.34. The molecule has 4 nitrogen and oxygen atoms in total. The highest BCUT2D eigenvalue weighted by atomic mass is 79.9. The lowest BCUT2D eigenvalue weighted by Crippen LogP contribution is -2.00. The molecule has 2 heterocycles. The monoisotopic (exact) mass is 334 g/mol. The van der Waals surface area contributed by atoms with Crippen LogP contribution in [0.2, 0.25) is 0 Å². The Morgan fingerprint density at radius 2 is 1.95 bits per heavy atom. The van der Waals surface area contributed by atoms with E-state index < -0.39 is 0 Å². The van der Waals surface area contributed by atoms with Crippen molar-refractivity contribution in [3.05, 3.63) is 33.5 Å². The molecule has 1 aliphatic rings. The zero-order valence-corrected chi connectivity index (χ0v) is 13.3. The van der Waals surface area contributed by atoms with Gasteiger partial charge in [0, 0.05) is 11.8 Å². The SMILES string of the molecule is Cc1nc(-c2onc(C)c2C[C]2CCCC2)ncc1Br. The van der Waals surface area contributed by atoms with Gasteiger partial charge in [-0.15, -0.1) is 0 Å². The van der Waals surface area contributed by atoms with E-state index in [9.17, 15) is 0 Å². The van der Waals surface area contributed by atoms with Crippen LogP contribution in [0.5, 0.6) is 0 Å². The number of hydrogen-bond donors (Lipinski definition) is 0. The first-order valence-electron chi connectivity index (χ1n) is 6.93. The van der Waals surface area contributed by atoms with E-state index >= 15 is 0 Å². The molecular formula is C15H17BrN3O. The molecule has 105 valence electrons. The molecular weight excluding hydrogens is 318 g/mol. The van der Waals surface area contributed by atoms with Crippen LogP contribution in [0.1, 0.15) is 42.6 Å². The fourth-order valence-electron chi connectivity index (χ4n) is 2.64. The largest absolute Gasteiger partial charge is 0.352 e. The fraction of sp³-hybridized carbons (Fsp3) is 0.467. The average molecular weight is 335 g/mol. The third-order valence-corrected chi connectivity index (χ3v) is 4.62. The predicted octanol–water partition coefficient (Wildman–Crippen LogP) is 4.20. The van der Waals surface area contributed by atoms with Crippen LogP contribution in [-0.4, -0.2) is 15.1 Å². The smallest absolute Gasteiger partial charge is 0.207 e. The van der Waals surface area contributed by atoms with Crippen molar-refractivity contribution in [2.75, 3.05) is 0 Å². The molecule has 20 heavy (non-hydrogen) atoms. The van der Waals surface area contributed by atoms with Gasteiger partial charge in [-0.1, -0.05) is 18.0 Å². The molecule has 1 radical (unpaired) electrons. The molecule has 0 saturated heterocycles. The first kappa shape index (κ1) is 13.7. The third-order valence-electron chi connectivity index (χ3n) is 3.84. The van der Waals surface area contributed by atoms with Crippen molar-refractivity contribution in [3.8, 4) is 11.6 Å². The Hall–Kier alpha value is -1.23. The van der Waals surface area contributed by atoms with Crippen LogP contribution in [0.15, 0.2) is 15.2 Å². The summed E-state index contributed by atoms with van der Waals surface area (Å²) in [6.07, 6.45) is 7.78. The lowest BCUT2D eigenvalue weighted by atomic mass is 9.96. The Balaban J connectivity index is 1.94. The van der Waals surface area contributed by atoms with Gasteiger partial charge in [-0.05, 0) is 55.0 Å². The van der Waals surface area contributed by atoms with Gasteiger partial charge in [-0.25, -0.2) is 9.97 Å². The second-order valence-corrected chi connectivity index (χ2v) is 6.19. The van der Waals surface area contributed by atoms with Crippen molar-refractivity contribution in [3.63, 3.8) is 0 Å². The molecule has 0 bridgehead atoms. The molecule has 1 saturated carbocycles. The zero-order chi connectivity index (χ0) is 14.1. The molecule has 0 spiro atoms. The quantitative estimate of drug-likeness (QED) is 0.843. The molecule has 0 aliphatic heterocycles. The van der Waals surface area contributed by atoms with Crippen LogP contribution in [0.4, 0.5) is 0 Å². The molecule has 2 aromatic rings. The van der Waals surface area contributed by atoms with Gasteiger partial charge >= 0.3 is 0 Å². The number of aromatic nitrogens is 3. The molecule has 2 aromatic heterocycles. The molecule has 5 heteroatoms. The Morgan fingerprint density at radius 3 is 2.65 bits per heavy atom. The Labute approximate surface area is 127 Å². The van der Waals surface area contributed by atoms with E-state index in [1.807, 2.05) is 13.8 Å².